The molecule has 0 radical (unpaired) electrons. The number of aliphatic hydroxyl groups is 1. The summed E-state index contributed by atoms with van der Waals surface area (Å²) in [5.74, 6) is -0.123. The second kappa shape index (κ2) is 8.02. The third-order valence-electron chi connectivity index (χ3n) is 6.88. The van der Waals surface area contributed by atoms with Crippen molar-refractivity contribution >= 4 is 17.9 Å². The predicted octanol–water partition coefficient (Wildman–Crippen LogP) is 2.67. The molecule has 3 N–H and O–H groups in total. The molecule has 5 rings (SSSR count). The maximum Gasteiger partial charge on any atom is 0.321 e. The molecule has 1 aromatic carbocycles. The lowest BCUT2D eigenvalue weighted by Gasteiger charge is -2.60. The zero-order valence-corrected chi connectivity index (χ0v) is 17.4. The Bertz CT molecular complexity index is 810. The first kappa shape index (κ1) is 20.8. The van der Waals surface area contributed by atoms with Crippen molar-refractivity contribution in [2.24, 2.45) is 17.3 Å². The number of imide groups is 1. The third kappa shape index (κ3) is 4.67. The van der Waals surface area contributed by atoms with E-state index in [9.17, 15) is 19.5 Å². The van der Waals surface area contributed by atoms with Crippen molar-refractivity contribution in [1.29, 1.82) is 0 Å². The van der Waals surface area contributed by atoms with Crippen molar-refractivity contribution < 1.29 is 24.2 Å². The first-order valence-corrected chi connectivity index (χ1v) is 10.8. The molecular formula is C23H30N2O5. The Morgan fingerprint density at radius 3 is 2.43 bits per heavy atom. The summed E-state index contributed by atoms with van der Waals surface area (Å²) in [5, 5.41) is 15.6. The number of benzene rings is 1. The fourth-order valence-corrected chi connectivity index (χ4v) is 6.24. The topological polar surface area (TPSA) is 105 Å². The van der Waals surface area contributed by atoms with Crippen LogP contribution < -0.4 is 10.6 Å². The molecule has 4 aliphatic rings. The molecule has 4 fully saturated rings. The zero-order chi connectivity index (χ0) is 21.4. The van der Waals surface area contributed by atoms with E-state index in [1.165, 1.54) is 6.92 Å². The molecule has 4 bridgehead atoms. The number of rotatable bonds is 6. The molecule has 0 saturated heterocycles. The van der Waals surface area contributed by atoms with Gasteiger partial charge in [0.25, 0.3) is 5.91 Å². The van der Waals surface area contributed by atoms with Crippen LogP contribution in [0, 0.1) is 17.3 Å². The van der Waals surface area contributed by atoms with Gasteiger partial charge in [-0.3, -0.25) is 14.9 Å². The molecule has 4 saturated carbocycles. The van der Waals surface area contributed by atoms with Gasteiger partial charge >= 0.3 is 12.0 Å². The Morgan fingerprint density at radius 2 is 1.80 bits per heavy atom. The van der Waals surface area contributed by atoms with E-state index in [0.29, 0.717) is 24.8 Å². The van der Waals surface area contributed by atoms with Gasteiger partial charge in [-0.1, -0.05) is 30.3 Å². The molecule has 1 aromatic rings. The highest BCUT2D eigenvalue weighted by molar-refractivity contribution is 5.97. The van der Waals surface area contributed by atoms with Gasteiger partial charge in [-0.2, -0.15) is 0 Å². The number of esters is 1. The summed E-state index contributed by atoms with van der Waals surface area (Å²) in [4.78, 5) is 36.7. The van der Waals surface area contributed by atoms with E-state index in [1.54, 1.807) is 0 Å². The number of hydrogen-bond donors (Lipinski definition) is 3. The molecule has 7 nitrogen and oxygen atoms in total. The highest BCUT2D eigenvalue weighted by Crippen LogP contribution is 2.62. The first-order valence-electron chi connectivity index (χ1n) is 10.8. The molecule has 30 heavy (non-hydrogen) atoms. The molecule has 0 unspecified atom stereocenters. The van der Waals surface area contributed by atoms with Crippen molar-refractivity contribution in [2.45, 2.75) is 70.1 Å². The lowest BCUT2D eigenvalue weighted by molar-refractivity contribution is -0.180. The van der Waals surface area contributed by atoms with Crippen LogP contribution in [0.1, 0.15) is 57.4 Å². The van der Waals surface area contributed by atoms with Crippen molar-refractivity contribution in [3.8, 4) is 0 Å². The summed E-state index contributed by atoms with van der Waals surface area (Å²) < 4.78 is 5.34. The van der Waals surface area contributed by atoms with E-state index in [-0.39, 0.29) is 11.8 Å². The smallest absolute Gasteiger partial charge is 0.321 e. The number of urea groups is 1. The highest BCUT2D eigenvalue weighted by atomic mass is 16.5. The van der Waals surface area contributed by atoms with Crippen molar-refractivity contribution in [2.75, 3.05) is 0 Å². The summed E-state index contributed by atoms with van der Waals surface area (Å²) in [6.07, 6.45) is 4.54. The number of ether oxygens (including phenoxy) is 1. The van der Waals surface area contributed by atoms with E-state index >= 15 is 0 Å². The summed E-state index contributed by atoms with van der Waals surface area (Å²) in [6.45, 7) is 1.76. The molecule has 0 spiro atoms. The monoisotopic (exact) mass is 414 g/mol. The van der Waals surface area contributed by atoms with Crippen molar-refractivity contribution in [3.63, 3.8) is 0 Å². The Labute approximate surface area is 176 Å². The third-order valence-corrected chi connectivity index (χ3v) is 6.88. The minimum atomic E-state index is -1.06. The molecule has 3 amide bonds. The van der Waals surface area contributed by atoms with Gasteiger partial charge in [0.15, 0.2) is 6.10 Å². The minimum Gasteiger partial charge on any atom is -0.453 e. The number of nitrogens with one attached hydrogen (secondary N) is 2. The van der Waals surface area contributed by atoms with Crippen LogP contribution >= 0.6 is 0 Å². The predicted molar refractivity (Wildman–Crippen MR) is 109 cm³/mol. The average Bonchev–Trinajstić information content (AvgIpc) is 2.64. The van der Waals surface area contributed by atoms with E-state index in [0.717, 1.165) is 37.7 Å². The standard InChI is InChI=1S/C23H30N2O5/c1-15(20(27)25-21(28)24-13-16-5-3-2-4-6-16)30-19(26)12-22-8-17-7-18(9-22)11-23(29,10-17)14-22/h2-6,15,17-18,29H,7-14H2,1H3,(H2,24,25,27,28)/t15-,17+,18+,22?,23?/m0/s1. The molecule has 0 aliphatic heterocycles. The highest BCUT2D eigenvalue weighted by Gasteiger charge is 2.57. The zero-order valence-electron chi connectivity index (χ0n) is 17.4. The molecule has 4 aliphatic carbocycles. The lowest BCUT2D eigenvalue weighted by atomic mass is 9.47. The van der Waals surface area contributed by atoms with Crippen LogP contribution in [-0.2, 0) is 20.9 Å². The summed E-state index contributed by atoms with van der Waals surface area (Å²) >= 11 is 0. The van der Waals surface area contributed by atoms with E-state index < -0.39 is 29.6 Å². The maximum atomic E-state index is 12.6. The summed E-state index contributed by atoms with van der Waals surface area (Å²) in [6, 6.07) is 8.72. The minimum absolute atomic E-state index is 0.209. The maximum absolute atomic E-state index is 12.6. The van der Waals surface area contributed by atoms with Gasteiger partial charge in [-0.15, -0.1) is 0 Å². The van der Waals surface area contributed by atoms with Crippen LogP contribution in [0.25, 0.3) is 0 Å². The van der Waals surface area contributed by atoms with Crippen molar-refractivity contribution in [1.82, 2.24) is 10.6 Å². The molecule has 0 aromatic heterocycles. The number of carbonyl (C=O) groups is 3. The van der Waals surface area contributed by atoms with Crippen LogP contribution in [0.15, 0.2) is 30.3 Å². The number of amides is 3. The first-order chi connectivity index (χ1) is 14.2. The average molecular weight is 415 g/mol. The Hall–Kier alpha value is -2.41. The molecule has 7 heteroatoms. The van der Waals surface area contributed by atoms with Crippen LogP contribution in [-0.4, -0.2) is 34.7 Å². The van der Waals surface area contributed by atoms with Crippen LogP contribution in [0.4, 0.5) is 4.79 Å². The van der Waals surface area contributed by atoms with Gasteiger partial charge < -0.3 is 15.2 Å². The fourth-order valence-electron chi connectivity index (χ4n) is 6.24. The van der Waals surface area contributed by atoms with E-state index in [1.807, 2.05) is 30.3 Å². The fraction of sp³-hybridized carbons (Fsp3) is 0.609. The Balaban J connectivity index is 1.24. The van der Waals surface area contributed by atoms with Crippen LogP contribution in [0.3, 0.4) is 0 Å². The normalized spacial score (nSPS) is 32.3. The number of hydrogen-bond acceptors (Lipinski definition) is 5. The summed E-state index contributed by atoms with van der Waals surface area (Å²) in [5.41, 5.74) is 0.0698. The van der Waals surface area contributed by atoms with Gasteiger partial charge in [0.1, 0.15) is 0 Å². The quantitative estimate of drug-likeness (QED) is 0.621. The molecule has 162 valence electrons. The van der Waals surface area contributed by atoms with Gasteiger partial charge in [0, 0.05) is 6.54 Å². The van der Waals surface area contributed by atoms with Gasteiger partial charge in [0.05, 0.1) is 12.0 Å². The second-order valence-corrected chi connectivity index (χ2v) is 9.65. The SMILES string of the molecule is C[C@H](OC(=O)CC12C[C@H]3C[C@@H](CC(O)(C3)C1)C2)C(=O)NC(=O)NCc1ccccc1. The second-order valence-electron chi connectivity index (χ2n) is 9.65. The lowest BCUT2D eigenvalue weighted by Crippen LogP contribution is -2.56. The van der Waals surface area contributed by atoms with Crippen LogP contribution in [0.5, 0.6) is 0 Å². The largest absolute Gasteiger partial charge is 0.453 e. The Morgan fingerprint density at radius 1 is 1.13 bits per heavy atom. The Kier molecular flexibility index (Phi) is 5.57. The molecule has 0 heterocycles. The van der Waals surface area contributed by atoms with Crippen LogP contribution in [0.2, 0.25) is 0 Å². The number of carbonyl (C=O) groups excluding carboxylic acids is 3. The van der Waals surface area contributed by atoms with Gasteiger partial charge in [-0.25, -0.2) is 4.79 Å². The van der Waals surface area contributed by atoms with Crippen molar-refractivity contribution in [3.05, 3.63) is 35.9 Å². The molecule has 3 atom stereocenters. The van der Waals surface area contributed by atoms with Gasteiger partial charge in [-0.05, 0) is 68.3 Å². The van der Waals surface area contributed by atoms with E-state index in [2.05, 4.69) is 10.6 Å². The van der Waals surface area contributed by atoms with Gasteiger partial charge in [0.2, 0.25) is 0 Å². The summed E-state index contributed by atoms with van der Waals surface area (Å²) in [7, 11) is 0. The van der Waals surface area contributed by atoms with E-state index in [4.69, 9.17) is 4.74 Å². The molecular weight excluding hydrogens is 384 g/mol.